The normalized spacial score (nSPS) is 18.8. The van der Waals surface area contributed by atoms with Crippen LogP contribution < -0.4 is 5.73 Å². The van der Waals surface area contributed by atoms with Gasteiger partial charge in [0, 0.05) is 17.0 Å². The lowest BCUT2D eigenvalue weighted by atomic mass is 9.84. The number of phenolic OH excluding ortho intramolecular Hbond substituents is 1. The molecule has 1 heterocycles. The second-order valence-electron chi connectivity index (χ2n) is 10.4. The number of nitrogen functional groups attached to an aromatic ring is 1. The molecule has 5 nitrogen and oxygen atoms in total. The van der Waals surface area contributed by atoms with Crippen LogP contribution in [0.3, 0.4) is 0 Å². The van der Waals surface area contributed by atoms with Crippen molar-refractivity contribution in [3.8, 4) is 5.75 Å². The van der Waals surface area contributed by atoms with Crippen molar-refractivity contribution in [2.45, 2.75) is 89.1 Å². The van der Waals surface area contributed by atoms with Crippen LogP contribution in [0.15, 0.2) is 52.0 Å². The quantitative estimate of drug-likeness (QED) is 0.278. The van der Waals surface area contributed by atoms with Gasteiger partial charge in [-0.25, -0.2) is 4.79 Å². The Morgan fingerprint density at radius 2 is 1.79 bits per heavy atom. The zero-order valence-electron chi connectivity index (χ0n) is 20.9. The van der Waals surface area contributed by atoms with E-state index in [-0.39, 0.29) is 21.8 Å². The van der Waals surface area contributed by atoms with Crippen LogP contribution in [0.1, 0.15) is 76.5 Å². The summed E-state index contributed by atoms with van der Waals surface area (Å²) in [7, 11) is 0. The third kappa shape index (κ3) is 6.09. The number of esters is 1. The van der Waals surface area contributed by atoms with Gasteiger partial charge in [-0.2, -0.15) is 0 Å². The van der Waals surface area contributed by atoms with Gasteiger partial charge in [0.05, 0.1) is 0 Å². The van der Waals surface area contributed by atoms with Gasteiger partial charge >= 0.3 is 5.97 Å². The number of carbonyl (C=O) groups excluding carboxylic acids is 1. The molecule has 0 radical (unpaired) electrons. The smallest absolute Gasteiger partial charge is 0.349 e. The van der Waals surface area contributed by atoms with Gasteiger partial charge in [-0.05, 0) is 79.0 Å². The second kappa shape index (κ2) is 10.3. The van der Waals surface area contributed by atoms with Gasteiger partial charge < -0.3 is 20.7 Å². The summed E-state index contributed by atoms with van der Waals surface area (Å²) in [5.74, 6) is -0.148. The summed E-state index contributed by atoms with van der Waals surface area (Å²) >= 11 is 1.27. The van der Waals surface area contributed by atoms with Crippen molar-refractivity contribution in [2.75, 3.05) is 5.73 Å². The lowest BCUT2D eigenvalue weighted by Crippen LogP contribution is -2.40. The zero-order valence-corrected chi connectivity index (χ0v) is 21.7. The van der Waals surface area contributed by atoms with E-state index in [1.165, 1.54) is 11.8 Å². The fourth-order valence-electron chi connectivity index (χ4n) is 4.30. The molecule has 0 amide bonds. The second-order valence-corrected chi connectivity index (χ2v) is 11.4. The Kier molecular flexibility index (Phi) is 7.91. The lowest BCUT2D eigenvalue weighted by molar-refractivity contribution is -0.159. The fraction of sp³-hybridized carbons (Fsp3) is 0.464. The average molecular weight is 484 g/mol. The Morgan fingerprint density at radius 3 is 2.38 bits per heavy atom. The van der Waals surface area contributed by atoms with Gasteiger partial charge in [0.15, 0.2) is 0 Å². The molecule has 0 spiro atoms. The number of benzene rings is 2. The van der Waals surface area contributed by atoms with Crippen LogP contribution in [-0.4, -0.2) is 21.8 Å². The van der Waals surface area contributed by atoms with Gasteiger partial charge in [-0.3, -0.25) is 0 Å². The first-order valence-corrected chi connectivity index (χ1v) is 12.8. The first kappa shape index (κ1) is 26.0. The SMILES string of the molecule is CCCC[C@]1(CCc2ccc(O)cc2)CC(O)=C(Sc2cc(C)c(N)cc2C(C)(C)C)C(=O)O1. The van der Waals surface area contributed by atoms with Gasteiger partial charge in [0.1, 0.15) is 22.0 Å². The molecule has 34 heavy (non-hydrogen) atoms. The summed E-state index contributed by atoms with van der Waals surface area (Å²) in [6, 6.07) is 11.0. The van der Waals surface area contributed by atoms with E-state index in [1.807, 2.05) is 31.2 Å². The highest BCUT2D eigenvalue weighted by atomic mass is 32.2. The molecule has 0 aliphatic carbocycles. The van der Waals surface area contributed by atoms with E-state index < -0.39 is 11.6 Å². The monoisotopic (exact) mass is 483 g/mol. The molecule has 0 unspecified atom stereocenters. The topological polar surface area (TPSA) is 92.8 Å². The van der Waals surface area contributed by atoms with E-state index in [0.717, 1.165) is 34.4 Å². The summed E-state index contributed by atoms with van der Waals surface area (Å²) < 4.78 is 6.10. The number of thioether (sulfide) groups is 1. The number of aliphatic hydroxyl groups is 1. The molecular formula is C28H37NO4S. The molecule has 1 aliphatic heterocycles. The van der Waals surface area contributed by atoms with Crippen molar-refractivity contribution in [1.29, 1.82) is 0 Å². The molecule has 184 valence electrons. The Balaban J connectivity index is 1.89. The minimum atomic E-state index is -0.733. The first-order valence-electron chi connectivity index (χ1n) is 12.0. The number of nitrogens with two attached hydrogens (primary N) is 1. The number of phenols is 1. The number of hydrogen-bond acceptors (Lipinski definition) is 6. The predicted molar refractivity (Wildman–Crippen MR) is 139 cm³/mol. The number of aryl methyl sites for hydroxylation is 2. The van der Waals surface area contributed by atoms with E-state index in [4.69, 9.17) is 10.5 Å². The van der Waals surface area contributed by atoms with E-state index >= 15 is 0 Å². The number of carbonyl (C=O) groups is 1. The molecule has 0 bridgehead atoms. The van der Waals surface area contributed by atoms with E-state index in [9.17, 15) is 15.0 Å². The van der Waals surface area contributed by atoms with Crippen molar-refractivity contribution >= 4 is 23.4 Å². The summed E-state index contributed by atoms with van der Waals surface area (Å²) in [5, 5.41) is 20.6. The summed E-state index contributed by atoms with van der Waals surface area (Å²) in [5.41, 5.74) is 9.00. The molecule has 2 aromatic carbocycles. The Hall–Kier alpha value is -2.60. The molecule has 1 aliphatic rings. The Morgan fingerprint density at radius 1 is 1.12 bits per heavy atom. The summed E-state index contributed by atoms with van der Waals surface area (Å²) in [6.07, 6.45) is 4.19. The fourth-order valence-corrected chi connectivity index (χ4v) is 5.54. The van der Waals surface area contributed by atoms with Crippen molar-refractivity contribution in [3.63, 3.8) is 0 Å². The third-order valence-corrected chi connectivity index (χ3v) is 7.59. The standard InChI is InChI=1S/C28H37NO4S/c1-6-7-13-28(14-12-19-8-10-20(30)11-9-19)17-23(31)25(26(32)33-28)34-24-15-18(2)22(29)16-21(24)27(3,4)5/h8-11,15-16,30-31H,6-7,12-14,17,29H2,1-5H3/t28-/m0/s1. The number of rotatable bonds is 8. The number of hydrogen-bond donors (Lipinski definition) is 3. The largest absolute Gasteiger partial charge is 0.511 e. The van der Waals surface area contributed by atoms with Crippen LogP contribution in [0.5, 0.6) is 5.75 Å². The molecular weight excluding hydrogens is 446 g/mol. The van der Waals surface area contributed by atoms with Crippen LogP contribution in [0, 0.1) is 6.92 Å². The van der Waals surface area contributed by atoms with Crippen LogP contribution in [0.4, 0.5) is 5.69 Å². The van der Waals surface area contributed by atoms with Gasteiger partial charge in [-0.15, -0.1) is 0 Å². The molecule has 0 saturated carbocycles. The highest BCUT2D eigenvalue weighted by molar-refractivity contribution is 8.04. The Bertz CT molecular complexity index is 1070. The van der Waals surface area contributed by atoms with Crippen LogP contribution in [-0.2, 0) is 21.4 Å². The number of anilines is 1. The molecule has 2 aromatic rings. The Labute approximate surface area is 207 Å². The maximum atomic E-state index is 13.2. The zero-order chi connectivity index (χ0) is 25.1. The highest BCUT2D eigenvalue weighted by Gasteiger charge is 2.42. The van der Waals surface area contributed by atoms with Crippen molar-refractivity contribution in [1.82, 2.24) is 0 Å². The molecule has 6 heteroatoms. The van der Waals surface area contributed by atoms with Crippen molar-refractivity contribution < 1.29 is 19.7 Å². The molecule has 4 N–H and O–H groups in total. The predicted octanol–water partition coefficient (Wildman–Crippen LogP) is 6.95. The van der Waals surface area contributed by atoms with Crippen molar-refractivity contribution in [2.24, 2.45) is 0 Å². The molecule has 3 rings (SSSR count). The van der Waals surface area contributed by atoms with Gasteiger partial charge in [-0.1, -0.05) is 58.0 Å². The van der Waals surface area contributed by atoms with Gasteiger partial charge in [0.2, 0.25) is 0 Å². The number of aliphatic hydroxyl groups excluding tert-OH is 1. The third-order valence-electron chi connectivity index (χ3n) is 6.43. The van der Waals surface area contributed by atoms with E-state index in [1.54, 1.807) is 12.1 Å². The summed E-state index contributed by atoms with van der Waals surface area (Å²) in [4.78, 5) is 14.4. The maximum absolute atomic E-state index is 13.2. The number of aromatic hydroxyl groups is 1. The molecule has 0 saturated heterocycles. The van der Waals surface area contributed by atoms with E-state index in [0.29, 0.717) is 31.4 Å². The van der Waals surface area contributed by atoms with Crippen LogP contribution in [0.2, 0.25) is 0 Å². The first-order chi connectivity index (χ1) is 15.9. The van der Waals surface area contributed by atoms with Crippen LogP contribution >= 0.6 is 11.8 Å². The average Bonchev–Trinajstić information content (AvgIpc) is 2.76. The highest BCUT2D eigenvalue weighted by Crippen LogP contribution is 2.45. The van der Waals surface area contributed by atoms with Gasteiger partial charge in [0.25, 0.3) is 0 Å². The summed E-state index contributed by atoms with van der Waals surface area (Å²) in [6.45, 7) is 10.4. The lowest BCUT2D eigenvalue weighted by Gasteiger charge is -2.37. The minimum Gasteiger partial charge on any atom is -0.511 e. The van der Waals surface area contributed by atoms with E-state index in [2.05, 4.69) is 27.7 Å². The maximum Gasteiger partial charge on any atom is 0.349 e. The number of unbranched alkanes of at least 4 members (excludes halogenated alkanes) is 1. The molecule has 0 aromatic heterocycles. The minimum absolute atomic E-state index is 0.0948. The van der Waals surface area contributed by atoms with Crippen LogP contribution in [0.25, 0.3) is 0 Å². The molecule has 1 atom stereocenters. The number of ether oxygens (including phenoxy) is 1. The molecule has 0 fully saturated rings. The number of cyclic esters (lactones) is 1. The van der Waals surface area contributed by atoms with Crippen molar-refractivity contribution in [3.05, 3.63) is 63.8 Å².